The highest BCUT2D eigenvalue weighted by atomic mass is 32.2. The summed E-state index contributed by atoms with van der Waals surface area (Å²) < 4.78 is 56.8. The SMILES string of the molecule is Cc1ccc(C(C)C)cc1S(=O)(=O)N1CCCN(S(=O)(=O)c2cc(C(C)C)ccc2C)CC1. The molecule has 33 heavy (non-hydrogen) atoms. The van der Waals surface area contributed by atoms with E-state index in [1.54, 1.807) is 26.0 Å². The highest BCUT2D eigenvalue weighted by molar-refractivity contribution is 7.89. The van der Waals surface area contributed by atoms with E-state index in [4.69, 9.17) is 0 Å². The third-order valence-corrected chi connectivity index (χ3v) is 10.5. The van der Waals surface area contributed by atoms with Crippen LogP contribution in [-0.4, -0.2) is 51.6 Å². The van der Waals surface area contributed by atoms with Crippen LogP contribution < -0.4 is 0 Å². The molecule has 0 aliphatic carbocycles. The molecule has 2 aromatic carbocycles. The molecule has 3 rings (SSSR count). The number of benzene rings is 2. The molecule has 0 bridgehead atoms. The number of rotatable bonds is 6. The monoisotopic (exact) mass is 492 g/mol. The summed E-state index contributed by atoms with van der Waals surface area (Å²) in [6.45, 7) is 12.6. The number of hydrogen-bond donors (Lipinski definition) is 0. The van der Waals surface area contributed by atoms with Crippen molar-refractivity contribution in [3.05, 3.63) is 58.7 Å². The van der Waals surface area contributed by atoms with Crippen LogP contribution in [0.25, 0.3) is 0 Å². The zero-order chi connectivity index (χ0) is 24.6. The maximum Gasteiger partial charge on any atom is 0.243 e. The summed E-state index contributed by atoms with van der Waals surface area (Å²) in [7, 11) is -7.44. The van der Waals surface area contributed by atoms with Gasteiger partial charge in [-0.05, 0) is 66.5 Å². The first-order valence-corrected chi connectivity index (χ1v) is 14.4. The van der Waals surface area contributed by atoms with Gasteiger partial charge in [-0.1, -0.05) is 52.0 Å². The standard InChI is InChI=1S/C25H36N2O4S2/c1-18(2)22-10-8-20(5)24(16-22)32(28,29)26-12-7-13-27(15-14-26)33(30,31)25-17-23(19(3)4)11-9-21(25)6/h8-11,16-19H,7,12-15H2,1-6H3. The lowest BCUT2D eigenvalue weighted by Crippen LogP contribution is -2.37. The minimum Gasteiger partial charge on any atom is -0.207 e. The fourth-order valence-corrected chi connectivity index (χ4v) is 7.60. The van der Waals surface area contributed by atoms with Crippen LogP contribution in [0.2, 0.25) is 0 Å². The van der Waals surface area contributed by atoms with E-state index in [2.05, 4.69) is 0 Å². The Hall–Kier alpha value is -1.74. The molecule has 1 aliphatic heterocycles. The normalized spacial score (nSPS) is 17.0. The van der Waals surface area contributed by atoms with Crippen molar-refractivity contribution >= 4 is 20.0 Å². The van der Waals surface area contributed by atoms with Crippen LogP contribution in [0.15, 0.2) is 46.2 Å². The smallest absolute Gasteiger partial charge is 0.207 e. The van der Waals surface area contributed by atoms with E-state index in [-0.39, 0.29) is 24.9 Å². The van der Waals surface area contributed by atoms with Crippen LogP contribution in [0.1, 0.15) is 68.2 Å². The van der Waals surface area contributed by atoms with Gasteiger partial charge in [0.05, 0.1) is 9.79 Å². The summed E-state index contributed by atoms with van der Waals surface area (Å²) in [6, 6.07) is 11.1. The molecule has 8 heteroatoms. The van der Waals surface area contributed by atoms with E-state index in [1.807, 2.05) is 52.0 Å². The fraction of sp³-hybridized carbons (Fsp3) is 0.520. The first-order valence-electron chi connectivity index (χ1n) is 11.6. The second kappa shape index (κ2) is 9.86. The third-order valence-electron chi connectivity index (χ3n) is 6.41. The van der Waals surface area contributed by atoms with Gasteiger partial charge in [-0.15, -0.1) is 0 Å². The van der Waals surface area contributed by atoms with Crippen molar-refractivity contribution in [1.82, 2.24) is 8.61 Å². The Kier molecular flexibility index (Phi) is 7.73. The molecule has 0 N–H and O–H groups in total. The van der Waals surface area contributed by atoms with Crippen LogP contribution >= 0.6 is 0 Å². The Morgan fingerprint density at radius 1 is 0.636 bits per heavy atom. The molecule has 1 fully saturated rings. The van der Waals surface area contributed by atoms with Crippen molar-refractivity contribution in [3.63, 3.8) is 0 Å². The minimum atomic E-state index is -3.72. The lowest BCUT2D eigenvalue weighted by atomic mass is 10.0. The summed E-state index contributed by atoms with van der Waals surface area (Å²) in [5.41, 5.74) is 3.35. The molecule has 0 radical (unpaired) electrons. The van der Waals surface area contributed by atoms with E-state index in [0.717, 1.165) is 11.1 Å². The maximum absolute atomic E-state index is 13.5. The van der Waals surface area contributed by atoms with Gasteiger partial charge in [-0.2, -0.15) is 8.61 Å². The van der Waals surface area contributed by atoms with Crippen molar-refractivity contribution < 1.29 is 16.8 Å². The maximum atomic E-state index is 13.5. The highest BCUT2D eigenvalue weighted by Crippen LogP contribution is 2.28. The van der Waals surface area contributed by atoms with Crippen molar-refractivity contribution in [1.29, 1.82) is 0 Å². The Labute approximate surface area is 199 Å². The van der Waals surface area contributed by atoms with Crippen LogP contribution in [0, 0.1) is 13.8 Å². The molecule has 1 saturated heterocycles. The molecule has 182 valence electrons. The van der Waals surface area contributed by atoms with E-state index < -0.39 is 20.0 Å². The predicted octanol–water partition coefficient (Wildman–Crippen LogP) is 4.64. The van der Waals surface area contributed by atoms with Crippen molar-refractivity contribution in [2.45, 2.75) is 69.6 Å². The average Bonchev–Trinajstić information content (AvgIpc) is 3.01. The summed E-state index contributed by atoms with van der Waals surface area (Å²) in [4.78, 5) is 0.621. The summed E-state index contributed by atoms with van der Waals surface area (Å²) in [5.74, 6) is 0.434. The first kappa shape index (κ1) is 25.9. The Balaban J connectivity index is 1.88. The summed E-state index contributed by atoms with van der Waals surface area (Å²) >= 11 is 0. The number of hydrogen-bond acceptors (Lipinski definition) is 4. The Morgan fingerprint density at radius 2 is 1.00 bits per heavy atom. The largest absolute Gasteiger partial charge is 0.243 e. The van der Waals surface area contributed by atoms with Crippen molar-refractivity contribution in [2.75, 3.05) is 26.2 Å². The van der Waals surface area contributed by atoms with Crippen LogP contribution in [0.4, 0.5) is 0 Å². The average molecular weight is 493 g/mol. The van der Waals surface area contributed by atoms with Gasteiger partial charge in [0.1, 0.15) is 0 Å². The molecular weight excluding hydrogens is 456 g/mol. The molecule has 1 heterocycles. The second-order valence-corrected chi connectivity index (χ2v) is 13.3. The van der Waals surface area contributed by atoms with Gasteiger partial charge in [0.2, 0.25) is 20.0 Å². The Bertz CT molecular complexity index is 1120. The van der Waals surface area contributed by atoms with Gasteiger partial charge in [0, 0.05) is 26.2 Å². The second-order valence-electron chi connectivity index (χ2n) is 9.52. The fourth-order valence-electron chi connectivity index (χ4n) is 4.14. The Morgan fingerprint density at radius 3 is 1.33 bits per heavy atom. The van der Waals surface area contributed by atoms with Crippen molar-refractivity contribution in [2.24, 2.45) is 0 Å². The lowest BCUT2D eigenvalue weighted by molar-refractivity contribution is 0.404. The summed E-state index contributed by atoms with van der Waals surface area (Å²) in [6.07, 6.45) is 0.449. The zero-order valence-corrected chi connectivity index (χ0v) is 22.1. The molecule has 1 aliphatic rings. The lowest BCUT2D eigenvalue weighted by Gasteiger charge is -2.23. The predicted molar refractivity (Wildman–Crippen MR) is 133 cm³/mol. The molecular formula is C25H36N2O4S2. The number of aryl methyl sites for hydroxylation is 2. The van der Waals surface area contributed by atoms with Crippen LogP contribution in [-0.2, 0) is 20.0 Å². The van der Waals surface area contributed by atoms with E-state index in [0.29, 0.717) is 40.4 Å². The highest BCUT2D eigenvalue weighted by Gasteiger charge is 2.33. The molecule has 0 spiro atoms. The topological polar surface area (TPSA) is 74.8 Å². The van der Waals surface area contributed by atoms with Gasteiger partial charge in [-0.3, -0.25) is 0 Å². The molecule has 2 aromatic rings. The van der Waals surface area contributed by atoms with Gasteiger partial charge in [0.15, 0.2) is 0 Å². The molecule has 6 nitrogen and oxygen atoms in total. The molecule has 0 atom stereocenters. The molecule has 0 unspecified atom stereocenters. The van der Waals surface area contributed by atoms with Gasteiger partial charge in [-0.25, -0.2) is 16.8 Å². The molecule has 0 amide bonds. The van der Waals surface area contributed by atoms with Gasteiger partial charge in [0.25, 0.3) is 0 Å². The third kappa shape index (κ3) is 5.34. The van der Waals surface area contributed by atoms with Crippen LogP contribution in [0.5, 0.6) is 0 Å². The van der Waals surface area contributed by atoms with E-state index in [1.165, 1.54) is 8.61 Å². The number of nitrogens with zero attached hydrogens (tertiary/aromatic N) is 2. The van der Waals surface area contributed by atoms with Gasteiger partial charge < -0.3 is 0 Å². The first-order chi connectivity index (χ1) is 15.4. The molecule has 0 saturated carbocycles. The van der Waals surface area contributed by atoms with E-state index in [9.17, 15) is 16.8 Å². The summed E-state index contributed by atoms with van der Waals surface area (Å²) in [5, 5.41) is 0. The van der Waals surface area contributed by atoms with Gasteiger partial charge >= 0.3 is 0 Å². The number of sulfonamides is 2. The molecule has 0 aromatic heterocycles. The zero-order valence-electron chi connectivity index (χ0n) is 20.5. The van der Waals surface area contributed by atoms with Crippen molar-refractivity contribution in [3.8, 4) is 0 Å². The van der Waals surface area contributed by atoms with Crippen LogP contribution in [0.3, 0.4) is 0 Å². The van der Waals surface area contributed by atoms with E-state index >= 15 is 0 Å². The minimum absolute atomic E-state index is 0.135. The quantitative estimate of drug-likeness (QED) is 0.589.